The van der Waals surface area contributed by atoms with Gasteiger partial charge in [-0.3, -0.25) is 19.9 Å². The van der Waals surface area contributed by atoms with Gasteiger partial charge in [0.15, 0.2) is 5.65 Å². The molecule has 0 spiro atoms. The molecule has 0 aliphatic rings. The van der Waals surface area contributed by atoms with Gasteiger partial charge in [-0.15, -0.1) is 0 Å². The van der Waals surface area contributed by atoms with E-state index >= 15 is 0 Å². The quantitative estimate of drug-likeness (QED) is 0.382. The van der Waals surface area contributed by atoms with Crippen LogP contribution in [0.1, 0.15) is 0 Å². The Kier molecular flexibility index (Phi) is 1.09. The van der Waals surface area contributed by atoms with Gasteiger partial charge in [0.05, 0.1) is 0 Å². The SMILES string of the molecule is Nc1[nH]nc2[nH]c(=O)[nH]c(=O)c12. The molecule has 0 saturated carbocycles. The molecule has 0 aromatic carbocycles. The lowest BCUT2D eigenvalue weighted by Gasteiger charge is -1.85. The van der Waals surface area contributed by atoms with Crippen molar-refractivity contribution in [3.63, 3.8) is 0 Å². The zero-order valence-corrected chi connectivity index (χ0v) is 5.84. The van der Waals surface area contributed by atoms with E-state index in [1.54, 1.807) is 0 Å². The highest BCUT2D eigenvalue weighted by Crippen LogP contribution is 2.06. The van der Waals surface area contributed by atoms with Crippen molar-refractivity contribution in [1.29, 1.82) is 0 Å². The Morgan fingerprint density at radius 2 is 2.00 bits per heavy atom. The number of nitrogens with one attached hydrogen (secondary N) is 3. The second kappa shape index (κ2) is 1.97. The van der Waals surface area contributed by atoms with Gasteiger partial charge in [0.25, 0.3) is 5.56 Å². The smallest absolute Gasteiger partial charge is 0.327 e. The Labute approximate surface area is 64.6 Å². The molecule has 0 atom stereocenters. The molecule has 0 saturated heterocycles. The van der Waals surface area contributed by atoms with Crippen LogP contribution in [0.15, 0.2) is 9.59 Å². The number of fused-ring (bicyclic) bond motifs is 1. The molecule has 62 valence electrons. The molecule has 0 fully saturated rings. The molecule has 0 unspecified atom stereocenters. The highest BCUT2D eigenvalue weighted by atomic mass is 16.2. The van der Waals surface area contributed by atoms with E-state index in [2.05, 4.69) is 15.2 Å². The van der Waals surface area contributed by atoms with Crippen molar-refractivity contribution in [2.24, 2.45) is 0 Å². The third-order valence-corrected chi connectivity index (χ3v) is 1.48. The molecule has 2 aromatic heterocycles. The molecular weight excluding hydrogens is 162 g/mol. The molecule has 2 aromatic rings. The van der Waals surface area contributed by atoms with Gasteiger partial charge >= 0.3 is 5.69 Å². The van der Waals surface area contributed by atoms with Crippen molar-refractivity contribution in [1.82, 2.24) is 20.2 Å². The number of hydrogen-bond donors (Lipinski definition) is 4. The van der Waals surface area contributed by atoms with E-state index in [1.165, 1.54) is 0 Å². The Bertz CT molecular complexity index is 532. The molecule has 0 amide bonds. The van der Waals surface area contributed by atoms with E-state index < -0.39 is 11.2 Å². The molecule has 12 heavy (non-hydrogen) atoms. The van der Waals surface area contributed by atoms with E-state index in [1.807, 2.05) is 4.98 Å². The fourth-order valence-electron chi connectivity index (χ4n) is 0.980. The van der Waals surface area contributed by atoms with Crippen LogP contribution < -0.4 is 17.0 Å². The predicted molar refractivity (Wildman–Crippen MR) is 41.7 cm³/mol. The summed E-state index contributed by atoms with van der Waals surface area (Å²) in [6, 6.07) is 0. The molecule has 5 N–H and O–H groups in total. The van der Waals surface area contributed by atoms with Crippen LogP contribution in [0.5, 0.6) is 0 Å². The fraction of sp³-hybridized carbons (Fsp3) is 0. The van der Waals surface area contributed by atoms with Crippen molar-refractivity contribution in [2.45, 2.75) is 0 Å². The number of nitrogens with zero attached hydrogens (tertiary/aromatic N) is 1. The Morgan fingerprint density at radius 3 is 2.75 bits per heavy atom. The topological polar surface area (TPSA) is 120 Å². The van der Waals surface area contributed by atoms with Gasteiger partial charge in [0.2, 0.25) is 0 Å². The van der Waals surface area contributed by atoms with Crippen LogP contribution in [-0.4, -0.2) is 20.2 Å². The summed E-state index contributed by atoms with van der Waals surface area (Å²) in [5.74, 6) is 0.141. The fourth-order valence-corrected chi connectivity index (χ4v) is 0.980. The maximum Gasteiger partial charge on any atom is 0.327 e. The monoisotopic (exact) mass is 167 g/mol. The number of nitrogens with two attached hydrogens (primary N) is 1. The Hall–Kier alpha value is -2.05. The molecule has 0 radical (unpaired) electrons. The standard InChI is InChI=1S/C5H5N5O2/c6-2-1-3(10-9-2)7-5(12)8-4(1)11/h(H5,6,7,8,9,10,11,12). The minimum atomic E-state index is -0.598. The summed E-state index contributed by atoms with van der Waals surface area (Å²) in [4.78, 5) is 26.1. The lowest BCUT2D eigenvalue weighted by Crippen LogP contribution is -2.21. The average Bonchev–Trinajstić information content (AvgIpc) is 2.31. The van der Waals surface area contributed by atoms with Crippen molar-refractivity contribution in [3.8, 4) is 0 Å². The van der Waals surface area contributed by atoms with Crippen LogP contribution in [0.3, 0.4) is 0 Å². The molecule has 2 rings (SSSR count). The van der Waals surface area contributed by atoms with Gasteiger partial charge in [0.1, 0.15) is 11.2 Å². The number of aromatic amines is 3. The van der Waals surface area contributed by atoms with Gasteiger partial charge in [-0.05, 0) is 0 Å². The van der Waals surface area contributed by atoms with Crippen molar-refractivity contribution < 1.29 is 0 Å². The van der Waals surface area contributed by atoms with E-state index in [0.717, 1.165) is 0 Å². The van der Waals surface area contributed by atoms with Crippen LogP contribution >= 0.6 is 0 Å². The largest absolute Gasteiger partial charge is 0.383 e. The summed E-state index contributed by atoms with van der Waals surface area (Å²) in [5, 5.41) is 6.17. The first-order chi connectivity index (χ1) is 5.68. The number of H-pyrrole nitrogens is 3. The third kappa shape index (κ3) is 0.729. The molecular formula is C5H5N5O2. The molecule has 7 heteroatoms. The number of nitrogen functional groups attached to an aromatic ring is 1. The summed E-state index contributed by atoms with van der Waals surface area (Å²) in [6.07, 6.45) is 0. The second-order valence-electron chi connectivity index (χ2n) is 2.27. The van der Waals surface area contributed by atoms with Crippen LogP contribution in [0.2, 0.25) is 0 Å². The van der Waals surface area contributed by atoms with E-state index in [9.17, 15) is 9.59 Å². The minimum absolute atomic E-state index is 0.141. The van der Waals surface area contributed by atoms with Crippen LogP contribution in [0, 0.1) is 0 Å². The number of hydrogen-bond acceptors (Lipinski definition) is 4. The predicted octanol–water partition coefficient (Wildman–Crippen LogP) is -1.48. The van der Waals surface area contributed by atoms with E-state index in [0.29, 0.717) is 0 Å². The number of aromatic nitrogens is 4. The third-order valence-electron chi connectivity index (χ3n) is 1.48. The normalized spacial score (nSPS) is 10.7. The van der Waals surface area contributed by atoms with Gasteiger partial charge in [-0.2, -0.15) is 5.10 Å². The summed E-state index contributed by atoms with van der Waals surface area (Å²) in [6.45, 7) is 0. The van der Waals surface area contributed by atoms with E-state index in [-0.39, 0.29) is 16.9 Å². The Morgan fingerprint density at radius 1 is 1.25 bits per heavy atom. The zero-order valence-electron chi connectivity index (χ0n) is 5.84. The summed E-state index contributed by atoms with van der Waals surface area (Å²) >= 11 is 0. The summed E-state index contributed by atoms with van der Waals surface area (Å²) in [5.41, 5.74) is 4.40. The van der Waals surface area contributed by atoms with Crippen molar-refractivity contribution >= 4 is 16.9 Å². The average molecular weight is 167 g/mol. The molecule has 7 nitrogen and oxygen atoms in total. The van der Waals surface area contributed by atoms with E-state index in [4.69, 9.17) is 5.73 Å². The Balaban J connectivity index is 3.13. The first-order valence-electron chi connectivity index (χ1n) is 3.14. The molecule has 0 aliphatic heterocycles. The maximum absolute atomic E-state index is 11.1. The minimum Gasteiger partial charge on any atom is -0.383 e. The molecule has 2 heterocycles. The first kappa shape index (κ1) is 6.65. The van der Waals surface area contributed by atoms with Gasteiger partial charge in [0, 0.05) is 0 Å². The summed E-state index contributed by atoms with van der Waals surface area (Å²) in [7, 11) is 0. The zero-order chi connectivity index (χ0) is 8.72. The van der Waals surface area contributed by atoms with Gasteiger partial charge in [-0.25, -0.2) is 4.79 Å². The van der Waals surface area contributed by atoms with Crippen molar-refractivity contribution in [3.05, 3.63) is 20.8 Å². The lowest BCUT2D eigenvalue weighted by molar-refractivity contribution is 1.05. The molecule has 0 aliphatic carbocycles. The highest BCUT2D eigenvalue weighted by Gasteiger charge is 2.06. The van der Waals surface area contributed by atoms with Crippen LogP contribution in [0.4, 0.5) is 5.82 Å². The first-order valence-corrected chi connectivity index (χ1v) is 3.14. The second-order valence-corrected chi connectivity index (χ2v) is 2.27. The highest BCUT2D eigenvalue weighted by molar-refractivity contribution is 5.84. The number of anilines is 1. The van der Waals surface area contributed by atoms with Gasteiger partial charge in [-0.1, -0.05) is 0 Å². The van der Waals surface area contributed by atoms with Crippen molar-refractivity contribution in [2.75, 3.05) is 5.73 Å². The van der Waals surface area contributed by atoms with Gasteiger partial charge < -0.3 is 5.73 Å². The van der Waals surface area contributed by atoms with Crippen LogP contribution in [-0.2, 0) is 0 Å². The lowest BCUT2D eigenvalue weighted by atomic mass is 10.4. The van der Waals surface area contributed by atoms with Crippen LogP contribution in [0.25, 0.3) is 11.0 Å². The number of rotatable bonds is 0. The summed E-state index contributed by atoms with van der Waals surface area (Å²) < 4.78 is 0. The molecule has 0 bridgehead atoms. The maximum atomic E-state index is 11.1.